The molecule has 1 aromatic carbocycles. The molecule has 5 heteroatoms. The van der Waals surface area contributed by atoms with E-state index in [1.807, 2.05) is 6.08 Å². The third kappa shape index (κ3) is 5.18. The fourth-order valence-corrected chi connectivity index (χ4v) is 11.3. The fraction of sp³-hybridized carbons (Fsp3) is 0.711. The van der Waals surface area contributed by atoms with Crippen molar-refractivity contribution < 1.29 is 23.1 Å². The molecule has 2 nitrogen and oxygen atoms in total. The molecule has 4 aliphatic carbocycles. The highest BCUT2D eigenvalue weighted by molar-refractivity contribution is 6.04. The van der Waals surface area contributed by atoms with Crippen molar-refractivity contribution in [2.75, 3.05) is 0 Å². The van der Waals surface area contributed by atoms with Crippen LogP contribution in [0.5, 0.6) is 0 Å². The molecule has 0 aromatic heterocycles. The number of hydrogen-bond donors (Lipinski definition) is 1. The van der Waals surface area contributed by atoms with Crippen LogP contribution in [0, 0.1) is 45.3 Å². The zero-order valence-corrected chi connectivity index (χ0v) is 27.6. The van der Waals surface area contributed by atoms with Crippen LogP contribution in [0.1, 0.15) is 124 Å². The maximum atomic E-state index is 14.0. The third-order valence-electron chi connectivity index (χ3n) is 13.6. The van der Waals surface area contributed by atoms with Gasteiger partial charge in [0.25, 0.3) is 0 Å². The average molecular weight is 599 g/mol. The number of fused-ring (bicyclic) bond motifs is 5. The highest BCUT2D eigenvalue weighted by Crippen LogP contribution is 2.75. The summed E-state index contributed by atoms with van der Waals surface area (Å²) in [6.07, 6.45) is 8.62. The summed E-state index contributed by atoms with van der Waals surface area (Å²) in [5, 5.41) is 11.8. The molecule has 0 saturated heterocycles. The molecule has 1 N–H and O–H groups in total. The van der Waals surface area contributed by atoms with E-state index in [-0.39, 0.29) is 27.9 Å². The Hall–Kier alpha value is -1.88. The van der Waals surface area contributed by atoms with Gasteiger partial charge in [-0.25, -0.2) is 0 Å². The smallest absolute Gasteiger partial charge is 0.390 e. The Bertz CT molecular complexity index is 1300. The van der Waals surface area contributed by atoms with E-state index in [0.717, 1.165) is 69.1 Å². The molecule has 0 radical (unpaired) electrons. The quantitative estimate of drug-likeness (QED) is 0.270. The van der Waals surface area contributed by atoms with Crippen molar-refractivity contribution in [3.63, 3.8) is 0 Å². The number of benzene rings is 1. The number of alkyl halides is 3. The first-order chi connectivity index (χ1) is 19.8. The molecule has 1 aromatic rings. The zero-order chi connectivity index (χ0) is 31.8. The predicted octanol–water partition coefficient (Wildman–Crippen LogP) is 10.5. The van der Waals surface area contributed by atoms with Crippen LogP contribution in [0.3, 0.4) is 0 Å². The number of ketones is 1. The summed E-state index contributed by atoms with van der Waals surface area (Å²) in [7, 11) is 0. The molecule has 5 rings (SSSR count). The van der Waals surface area contributed by atoms with Crippen molar-refractivity contribution in [3.05, 3.63) is 52.6 Å². The molecule has 238 valence electrons. The third-order valence-corrected chi connectivity index (χ3v) is 13.6. The minimum absolute atomic E-state index is 0.0831. The number of aliphatic hydroxyl groups is 1. The van der Waals surface area contributed by atoms with Gasteiger partial charge < -0.3 is 5.11 Å². The van der Waals surface area contributed by atoms with Crippen LogP contribution in [0.15, 0.2) is 41.5 Å². The van der Waals surface area contributed by atoms with Gasteiger partial charge in [0, 0.05) is 5.41 Å². The normalized spacial score (nSPS) is 39.4. The summed E-state index contributed by atoms with van der Waals surface area (Å²) in [4.78, 5) is 14.0. The van der Waals surface area contributed by atoms with Gasteiger partial charge in [-0.05, 0) is 148 Å². The molecule has 0 amide bonds. The molecule has 0 spiro atoms. The number of rotatable bonds is 5. The van der Waals surface area contributed by atoms with Gasteiger partial charge in [-0.2, -0.15) is 13.2 Å². The SMILES string of the molecule is CC(C)=CCC[C@](C)(O)[C@H]1CC[C@]2(C)[C@@H]1CC[C@@H]1[C@@]3(C)C/C(=C/c4ccc(C(F)(F)F)cc4)C(=O)C(C)(C)[C@@H]3CC[C@]12C. The summed E-state index contributed by atoms with van der Waals surface area (Å²) in [5.41, 5.74) is 0.956. The van der Waals surface area contributed by atoms with Crippen molar-refractivity contribution in [2.24, 2.45) is 45.3 Å². The van der Waals surface area contributed by atoms with Gasteiger partial charge in [0.05, 0.1) is 11.2 Å². The second kappa shape index (κ2) is 10.6. The Balaban J connectivity index is 1.46. The van der Waals surface area contributed by atoms with Crippen LogP contribution in [0.25, 0.3) is 6.08 Å². The van der Waals surface area contributed by atoms with Crippen LogP contribution in [-0.2, 0) is 11.0 Å². The molecule has 4 fully saturated rings. The van der Waals surface area contributed by atoms with Gasteiger partial charge >= 0.3 is 6.18 Å². The lowest BCUT2D eigenvalue weighted by molar-refractivity contribution is -0.201. The van der Waals surface area contributed by atoms with E-state index in [0.29, 0.717) is 29.7 Å². The molecule has 0 heterocycles. The number of allylic oxidation sites excluding steroid dienone is 3. The minimum atomic E-state index is -4.38. The lowest BCUT2D eigenvalue weighted by atomic mass is 9.35. The van der Waals surface area contributed by atoms with Crippen molar-refractivity contribution in [1.82, 2.24) is 0 Å². The Labute approximate surface area is 257 Å². The first-order valence-corrected chi connectivity index (χ1v) is 16.6. The second-order valence-corrected chi connectivity index (χ2v) is 16.5. The topological polar surface area (TPSA) is 37.3 Å². The summed E-state index contributed by atoms with van der Waals surface area (Å²) < 4.78 is 39.5. The van der Waals surface area contributed by atoms with Crippen LogP contribution in [0.4, 0.5) is 13.2 Å². The second-order valence-electron chi connectivity index (χ2n) is 16.5. The van der Waals surface area contributed by atoms with E-state index < -0.39 is 22.8 Å². The van der Waals surface area contributed by atoms with E-state index in [1.165, 1.54) is 17.7 Å². The summed E-state index contributed by atoms with van der Waals surface area (Å²) >= 11 is 0. The largest absolute Gasteiger partial charge is 0.416 e. The van der Waals surface area contributed by atoms with E-state index >= 15 is 0 Å². The van der Waals surface area contributed by atoms with E-state index in [1.54, 1.807) is 0 Å². The van der Waals surface area contributed by atoms with Gasteiger partial charge in [-0.1, -0.05) is 58.4 Å². The number of carbonyl (C=O) groups is 1. The molecular weight excluding hydrogens is 545 g/mol. The van der Waals surface area contributed by atoms with E-state index in [9.17, 15) is 23.1 Å². The molecule has 0 unspecified atom stereocenters. The van der Waals surface area contributed by atoms with Crippen LogP contribution in [0.2, 0.25) is 0 Å². The van der Waals surface area contributed by atoms with Crippen molar-refractivity contribution in [1.29, 1.82) is 0 Å². The van der Waals surface area contributed by atoms with Crippen molar-refractivity contribution >= 4 is 11.9 Å². The molecule has 4 saturated carbocycles. The summed E-state index contributed by atoms with van der Waals surface area (Å²) in [6.45, 7) is 18.0. The molecule has 0 aliphatic heterocycles. The van der Waals surface area contributed by atoms with Crippen LogP contribution < -0.4 is 0 Å². The van der Waals surface area contributed by atoms with Crippen molar-refractivity contribution in [3.8, 4) is 0 Å². The standard InChI is InChI=1S/C38H53F3O2/c1-24(2)10-9-19-37(8,43)29-17-20-35(6)28(29)15-16-31-34(5)23-26(22-25-11-13-27(14-12-25)38(39,40)41)32(42)33(3,4)30(34)18-21-36(31,35)7/h10-14,22,28-31,43H,9,15-21,23H2,1-8H3/b26-22-/t28-,29+,30+,31-,34+,35-,36-,37+/m1/s1. The minimum Gasteiger partial charge on any atom is -0.390 e. The Kier molecular flexibility index (Phi) is 8.01. The molecule has 4 aliphatic rings. The Morgan fingerprint density at radius 2 is 1.56 bits per heavy atom. The Morgan fingerprint density at radius 3 is 2.16 bits per heavy atom. The van der Waals surface area contributed by atoms with Gasteiger partial charge in [0.2, 0.25) is 0 Å². The average Bonchev–Trinajstić information content (AvgIpc) is 3.26. The maximum absolute atomic E-state index is 14.0. The van der Waals surface area contributed by atoms with E-state index in [4.69, 9.17) is 0 Å². The zero-order valence-electron chi connectivity index (χ0n) is 27.6. The summed E-state index contributed by atoms with van der Waals surface area (Å²) in [6, 6.07) is 5.20. The fourth-order valence-electron chi connectivity index (χ4n) is 11.3. The first-order valence-electron chi connectivity index (χ1n) is 16.6. The number of hydrogen-bond acceptors (Lipinski definition) is 2. The number of carbonyl (C=O) groups excluding carboxylic acids is 1. The molecular formula is C38H53F3O2. The monoisotopic (exact) mass is 598 g/mol. The Morgan fingerprint density at radius 1 is 0.930 bits per heavy atom. The highest BCUT2D eigenvalue weighted by Gasteiger charge is 2.69. The van der Waals surface area contributed by atoms with Gasteiger partial charge in [0.15, 0.2) is 5.78 Å². The number of halogens is 3. The van der Waals surface area contributed by atoms with Crippen LogP contribution >= 0.6 is 0 Å². The summed E-state index contributed by atoms with van der Waals surface area (Å²) in [5.74, 6) is 1.63. The maximum Gasteiger partial charge on any atom is 0.416 e. The lowest BCUT2D eigenvalue weighted by Gasteiger charge is -2.69. The van der Waals surface area contributed by atoms with Crippen LogP contribution in [-0.4, -0.2) is 16.5 Å². The van der Waals surface area contributed by atoms with E-state index in [2.05, 4.69) is 61.5 Å². The van der Waals surface area contributed by atoms with Crippen molar-refractivity contribution in [2.45, 2.75) is 125 Å². The molecule has 8 atom stereocenters. The van der Waals surface area contributed by atoms with Gasteiger partial charge in [-0.15, -0.1) is 0 Å². The molecule has 43 heavy (non-hydrogen) atoms. The predicted molar refractivity (Wildman–Crippen MR) is 168 cm³/mol. The molecule has 0 bridgehead atoms. The van der Waals surface area contributed by atoms with Gasteiger partial charge in [0.1, 0.15) is 0 Å². The van der Waals surface area contributed by atoms with Gasteiger partial charge in [-0.3, -0.25) is 4.79 Å². The lowest BCUT2D eigenvalue weighted by Crippen LogP contribution is -2.64. The first kappa shape index (κ1) is 32.5. The number of Topliss-reactive ketones (excluding diaryl/α,β-unsaturated/α-hetero) is 1. The highest BCUT2D eigenvalue weighted by atomic mass is 19.4.